The molecular weight excluding hydrogens is 374 g/mol. The van der Waals surface area contributed by atoms with Crippen molar-refractivity contribution >= 4 is 28.9 Å². The molecule has 0 bridgehead atoms. The molecule has 1 N–H and O–H groups in total. The summed E-state index contributed by atoms with van der Waals surface area (Å²) in [5, 5.41) is 3.45. The number of carbonyl (C=O) groups is 1. The molecule has 1 aliphatic heterocycles. The molecule has 0 radical (unpaired) electrons. The van der Waals surface area contributed by atoms with Crippen molar-refractivity contribution in [2.45, 2.75) is 13.3 Å². The largest absolute Gasteiger partial charge is 0.482 e. The van der Waals surface area contributed by atoms with Crippen molar-refractivity contribution in [3.8, 4) is 5.75 Å². The van der Waals surface area contributed by atoms with E-state index in [-0.39, 0.29) is 12.5 Å². The van der Waals surface area contributed by atoms with Crippen LogP contribution in [0.3, 0.4) is 0 Å². The number of amides is 1. The van der Waals surface area contributed by atoms with Crippen LogP contribution < -0.4 is 15.0 Å². The van der Waals surface area contributed by atoms with Crippen molar-refractivity contribution < 1.29 is 9.53 Å². The Hall–Kier alpha value is -2.66. The molecule has 1 amide bonds. The van der Waals surface area contributed by atoms with Gasteiger partial charge in [0.2, 0.25) is 0 Å². The third-order valence-corrected chi connectivity index (χ3v) is 5.16. The Morgan fingerprint density at radius 2 is 1.79 bits per heavy atom. The van der Waals surface area contributed by atoms with E-state index in [1.165, 1.54) is 5.70 Å². The lowest BCUT2D eigenvalue weighted by Crippen LogP contribution is -2.45. The van der Waals surface area contributed by atoms with E-state index in [4.69, 9.17) is 16.3 Å². The molecule has 0 spiro atoms. The molecule has 1 fully saturated rings. The van der Waals surface area contributed by atoms with Crippen LogP contribution in [0.5, 0.6) is 5.75 Å². The lowest BCUT2D eigenvalue weighted by molar-refractivity contribution is -0.118. The van der Waals surface area contributed by atoms with Crippen LogP contribution in [0.2, 0.25) is 5.02 Å². The summed E-state index contributed by atoms with van der Waals surface area (Å²) in [5.41, 5.74) is 2.99. The van der Waals surface area contributed by atoms with Gasteiger partial charge in [-0.25, -0.2) is 0 Å². The molecule has 0 saturated carbocycles. The number of halogens is 1. The Morgan fingerprint density at radius 1 is 1.11 bits per heavy atom. The minimum Gasteiger partial charge on any atom is -0.482 e. The maximum absolute atomic E-state index is 12.4. The van der Waals surface area contributed by atoms with Crippen molar-refractivity contribution in [2.24, 2.45) is 0 Å². The monoisotopic (exact) mass is 399 g/mol. The molecular formula is C22H26ClN3O2. The van der Waals surface area contributed by atoms with Gasteiger partial charge in [0.05, 0.1) is 16.4 Å². The number of para-hydroxylation sites is 3. The zero-order chi connectivity index (χ0) is 19.9. The second-order valence-electron chi connectivity index (χ2n) is 6.68. The van der Waals surface area contributed by atoms with Gasteiger partial charge in [-0.1, -0.05) is 49.4 Å². The van der Waals surface area contributed by atoms with Crippen molar-refractivity contribution in [1.82, 2.24) is 4.90 Å². The van der Waals surface area contributed by atoms with Crippen LogP contribution in [0.1, 0.15) is 13.3 Å². The topological polar surface area (TPSA) is 44.8 Å². The number of rotatable bonds is 7. The van der Waals surface area contributed by atoms with Crippen LogP contribution in [0, 0.1) is 0 Å². The fraction of sp³-hybridized carbons (Fsp3) is 0.318. The maximum Gasteiger partial charge on any atom is 0.262 e. The minimum atomic E-state index is -0.217. The Kier molecular flexibility index (Phi) is 6.82. The number of hydrogen-bond acceptors (Lipinski definition) is 4. The number of benzene rings is 2. The van der Waals surface area contributed by atoms with Gasteiger partial charge in [-0.2, -0.15) is 0 Å². The standard InChI is InChI=1S/C22H26ClN3O2/c1-3-17(2)25-12-14-26(15-13-25)20-10-6-5-9-19(20)24-22(27)16-28-21-11-7-4-8-18(21)23/h4-11H,2-3,12-16H2,1H3,(H,24,27). The molecule has 0 aliphatic carbocycles. The summed E-state index contributed by atoms with van der Waals surface area (Å²) in [6, 6.07) is 15.0. The molecule has 5 nitrogen and oxygen atoms in total. The number of nitrogens with zero attached hydrogens (tertiary/aromatic N) is 2. The molecule has 148 valence electrons. The van der Waals surface area contributed by atoms with Crippen molar-refractivity contribution in [3.63, 3.8) is 0 Å². The number of carbonyl (C=O) groups excluding carboxylic acids is 1. The van der Waals surface area contributed by atoms with Crippen LogP contribution in [0.15, 0.2) is 60.8 Å². The number of anilines is 2. The molecule has 3 rings (SSSR count). The molecule has 0 aromatic heterocycles. The smallest absolute Gasteiger partial charge is 0.262 e. The van der Waals surface area contributed by atoms with E-state index < -0.39 is 0 Å². The third-order valence-electron chi connectivity index (χ3n) is 4.85. The Bertz CT molecular complexity index is 832. The summed E-state index contributed by atoms with van der Waals surface area (Å²) in [7, 11) is 0. The van der Waals surface area contributed by atoms with Crippen LogP contribution in [0.25, 0.3) is 0 Å². The molecule has 2 aromatic carbocycles. The summed E-state index contributed by atoms with van der Waals surface area (Å²) in [6.07, 6.45) is 0.970. The van der Waals surface area contributed by atoms with E-state index in [2.05, 4.69) is 28.6 Å². The Labute approximate surface area is 171 Å². The predicted octanol–water partition coefficient (Wildman–Crippen LogP) is 4.40. The first-order valence-corrected chi connectivity index (χ1v) is 9.90. The van der Waals surface area contributed by atoms with E-state index in [1.54, 1.807) is 12.1 Å². The van der Waals surface area contributed by atoms with Gasteiger partial charge >= 0.3 is 0 Å². The zero-order valence-corrected chi connectivity index (χ0v) is 16.9. The summed E-state index contributed by atoms with van der Waals surface area (Å²) in [4.78, 5) is 17.0. The van der Waals surface area contributed by atoms with Gasteiger partial charge < -0.3 is 19.9 Å². The van der Waals surface area contributed by atoms with Crippen molar-refractivity contribution in [2.75, 3.05) is 43.0 Å². The Morgan fingerprint density at radius 3 is 2.50 bits per heavy atom. The first-order valence-electron chi connectivity index (χ1n) is 9.52. The zero-order valence-electron chi connectivity index (χ0n) is 16.2. The van der Waals surface area contributed by atoms with E-state index in [0.717, 1.165) is 44.0 Å². The van der Waals surface area contributed by atoms with Gasteiger partial charge in [-0.3, -0.25) is 4.79 Å². The number of allylic oxidation sites excluding steroid dienone is 1. The number of nitrogens with one attached hydrogen (secondary N) is 1. The van der Waals surface area contributed by atoms with Crippen molar-refractivity contribution in [1.29, 1.82) is 0 Å². The highest BCUT2D eigenvalue weighted by molar-refractivity contribution is 6.32. The third kappa shape index (κ3) is 4.98. The SMILES string of the molecule is C=C(CC)N1CCN(c2ccccc2NC(=O)COc2ccccc2Cl)CC1. The second-order valence-corrected chi connectivity index (χ2v) is 7.09. The highest BCUT2D eigenvalue weighted by Crippen LogP contribution is 2.28. The number of hydrogen-bond donors (Lipinski definition) is 1. The highest BCUT2D eigenvalue weighted by Gasteiger charge is 2.20. The van der Waals surface area contributed by atoms with E-state index >= 15 is 0 Å². The average molecular weight is 400 g/mol. The number of ether oxygens (including phenoxy) is 1. The second kappa shape index (κ2) is 9.51. The fourth-order valence-corrected chi connectivity index (χ4v) is 3.42. The van der Waals surface area contributed by atoms with Crippen LogP contribution in [0.4, 0.5) is 11.4 Å². The first-order chi connectivity index (χ1) is 13.6. The normalized spacial score (nSPS) is 13.9. The summed E-state index contributed by atoms with van der Waals surface area (Å²) < 4.78 is 5.53. The van der Waals surface area contributed by atoms with Gasteiger partial charge in [-0.15, -0.1) is 0 Å². The summed E-state index contributed by atoms with van der Waals surface area (Å²) >= 11 is 6.07. The molecule has 1 aliphatic rings. The van der Waals surface area contributed by atoms with Gasteiger partial charge in [0.25, 0.3) is 5.91 Å². The quantitative estimate of drug-likeness (QED) is 0.749. The summed E-state index contributed by atoms with van der Waals surface area (Å²) in [5.74, 6) is 0.283. The van der Waals surface area contributed by atoms with Gasteiger partial charge in [0.1, 0.15) is 5.75 Å². The molecule has 2 aromatic rings. The lowest BCUT2D eigenvalue weighted by atomic mass is 10.2. The van der Waals surface area contributed by atoms with Crippen LogP contribution in [-0.2, 0) is 4.79 Å². The minimum absolute atomic E-state index is 0.0951. The molecule has 1 heterocycles. The van der Waals surface area contributed by atoms with Crippen LogP contribution in [-0.4, -0.2) is 43.6 Å². The summed E-state index contributed by atoms with van der Waals surface area (Å²) in [6.45, 7) is 9.82. The molecule has 1 saturated heterocycles. The van der Waals surface area contributed by atoms with Gasteiger partial charge in [0.15, 0.2) is 6.61 Å². The highest BCUT2D eigenvalue weighted by atomic mass is 35.5. The lowest BCUT2D eigenvalue weighted by Gasteiger charge is -2.38. The molecule has 0 unspecified atom stereocenters. The van der Waals surface area contributed by atoms with Crippen molar-refractivity contribution in [3.05, 3.63) is 65.8 Å². The number of piperazine rings is 1. The molecule has 0 atom stereocenters. The first kappa shape index (κ1) is 20.1. The fourth-order valence-electron chi connectivity index (χ4n) is 3.23. The Balaban J connectivity index is 1.60. The average Bonchev–Trinajstić information content (AvgIpc) is 2.73. The van der Waals surface area contributed by atoms with Gasteiger partial charge in [0, 0.05) is 31.9 Å². The van der Waals surface area contributed by atoms with E-state index in [0.29, 0.717) is 10.8 Å². The predicted molar refractivity (Wildman–Crippen MR) is 115 cm³/mol. The van der Waals surface area contributed by atoms with E-state index in [9.17, 15) is 4.79 Å². The maximum atomic E-state index is 12.4. The molecule has 28 heavy (non-hydrogen) atoms. The van der Waals surface area contributed by atoms with Crippen LogP contribution >= 0.6 is 11.6 Å². The molecule has 6 heteroatoms. The van der Waals surface area contributed by atoms with E-state index in [1.807, 2.05) is 36.4 Å². The van der Waals surface area contributed by atoms with Gasteiger partial charge in [-0.05, 0) is 30.7 Å².